The molecule has 0 amide bonds. The third-order valence-corrected chi connectivity index (χ3v) is 6.15. The van der Waals surface area contributed by atoms with E-state index in [1.165, 1.54) is 25.0 Å². The van der Waals surface area contributed by atoms with Crippen molar-refractivity contribution in [1.82, 2.24) is 5.32 Å². The van der Waals surface area contributed by atoms with Gasteiger partial charge in [-0.2, -0.15) is 0 Å². The van der Waals surface area contributed by atoms with E-state index >= 15 is 0 Å². The Kier molecular flexibility index (Phi) is 5.11. The summed E-state index contributed by atoms with van der Waals surface area (Å²) in [7, 11) is 0. The first-order chi connectivity index (χ1) is 10.3. The van der Waals surface area contributed by atoms with Gasteiger partial charge in [-0.3, -0.25) is 0 Å². The van der Waals surface area contributed by atoms with E-state index in [9.17, 15) is 0 Å². The van der Waals surface area contributed by atoms with Crippen LogP contribution in [0.5, 0.6) is 0 Å². The summed E-state index contributed by atoms with van der Waals surface area (Å²) >= 11 is 7.19. The number of hydrogen-bond donors (Lipinski definition) is 1. The van der Waals surface area contributed by atoms with Gasteiger partial charge in [-0.05, 0) is 74.7 Å². The number of hydrogen-bond acceptors (Lipinski definition) is 3. The SMILES string of the molecule is CCCNC(Cc1csc2ccccc12)c1csc(Br)c1. The van der Waals surface area contributed by atoms with Crippen LogP contribution in [0.4, 0.5) is 0 Å². The van der Waals surface area contributed by atoms with Gasteiger partial charge in [0.15, 0.2) is 0 Å². The molecule has 0 aliphatic heterocycles. The Balaban J connectivity index is 1.87. The zero-order chi connectivity index (χ0) is 14.7. The van der Waals surface area contributed by atoms with Crippen molar-refractivity contribution in [2.45, 2.75) is 25.8 Å². The van der Waals surface area contributed by atoms with E-state index in [0.717, 1.165) is 19.4 Å². The van der Waals surface area contributed by atoms with Gasteiger partial charge in [0, 0.05) is 10.7 Å². The van der Waals surface area contributed by atoms with Crippen LogP contribution in [0.15, 0.2) is 44.9 Å². The molecule has 1 N–H and O–H groups in total. The number of fused-ring (bicyclic) bond motifs is 1. The van der Waals surface area contributed by atoms with Crippen LogP contribution >= 0.6 is 38.6 Å². The van der Waals surface area contributed by atoms with Gasteiger partial charge in [-0.15, -0.1) is 22.7 Å². The first kappa shape index (κ1) is 15.2. The van der Waals surface area contributed by atoms with Crippen molar-refractivity contribution in [3.8, 4) is 0 Å². The lowest BCUT2D eigenvalue weighted by Crippen LogP contribution is -2.23. The minimum absolute atomic E-state index is 0.394. The van der Waals surface area contributed by atoms with Gasteiger partial charge in [0.25, 0.3) is 0 Å². The fraction of sp³-hybridized carbons (Fsp3) is 0.294. The van der Waals surface area contributed by atoms with Crippen LogP contribution in [-0.2, 0) is 6.42 Å². The minimum Gasteiger partial charge on any atom is -0.310 e. The lowest BCUT2D eigenvalue weighted by atomic mass is 10.0. The van der Waals surface area contributed by atoms with Gasteiger partial charge in [-0.25, -0.2) is 0 Å². The third kappa shape index (κ3) is 3.57. The summed E-state index contributed by atoms with van der Waals surface area (Å²) in [6.07, 6.45) is 2.21. The molecule has 0 radical (unpaired) electrons. The average Bonchev–Trinajstić information content (AvgIpc) is 3.10. The predicted molar refractivity (Wildman–Crippen MR) is 98.6 cm³/mol. The van der Waals surface area contributed by atoms with Crippen molar-refractivity contribution in [2.24, 2.45) is 0 Å². The van der Waals surface area contributed by atoms with Crippen LogP contribution in [0, 0.1) is 0 Å². The zero-order valence-electron chi connectivity index (χ0n) is 11.9. The van der Waals surface area contributed by atoms with Crippen LogP contribution in [0.1, 0.15) is 30.5 Å². The summed E-state index contributed by atoms with van der Waals surface area (Å²) in [5.74, 6) is 0. The lowest BCUT2D eigenvalue weighted by Gasteiger charge is -2.17. The molecule has 4 heteroatoms. The highest BCUT2D eigenvalue weighted by molar-refractivity contribution is 9.11. The molecule has 1 atom stereocenters. The Morgan fingerprint density at radius 3 is 2.81 bits per heavy atom. The fourth-order valence-corrected chi connectivity index (χ4v) is 4.75. The van der Waals surface area contributed by atoms with E-state index < -0.39 is 0 Å². The summed E-state index contributed by atoms with van der Waals surface area (Å²) in [5.41, 5.74) is 2.84. The van der Waals surface area contributed by atoms with E-state index in [4.69, 9.17) is 0 Å². The molecule has 0 aliphatic rings. The summed E-state index contributed by atoms with van der Waals surface area (Å²) < 4.78 is 2.59. The minimum atomic E-state index is 0.394. The molecule has 2 aromatic heterocycles. The Morgan fingerprint density at radius 1 is 1.19 bits per heavy atom. The average molecular weight is 380 g/mol. The van der Waals surface area contributed by atoms with E-state index in [0.29, 0.717) is 6.04 Å². The maximum Gasteiger partial charge on any atom is 0.0701 e. The second kappa shape index (κ2) is 7.05. The zero-order valence-corrected chi connectivity index (χ0v) is 15.2. The number of rotatable bonds is 6. The van der Waals surface area contributed by atoms with Crippen LogP contribution in [-0.4, -0.2) is 6.54 Å². The Labute approximate surface area is 142 Å². The number of nitrogens with one attached hydrogen (secondary N) is 1. The Hall–Kier alpha value is -0.680. The maximum absolute atomic E-state index is 3.69. The molecule has 0 fully saturated rings. The Bertz CT molecular complexity index is 716. The molecule has 0 saturated heterocycles. The molecule has 1 aromatic carbocycles. The molecule has 0 aliphatic carbocycles. The quantitative estimate of drug-likeness (QED) is 0.552. The normalized spacial score (nSPS) is 12.9. The van der Waals surface area contributed by atoms with Gasteiger partial charge >= 0.3 is 0 Å². The van der Waals surface area contributed by atoms with Crippen molar-refractivity contribution >= 4 is 48.7 Å². The van der Waals surface area contributed by atoms with Crippen molar-refractivity contribution in [3.63, 3.8) is 0 Å². The number of thiophene rings is 2. The van der Waals surface area contributed by atoms with Gasteiger partial charge in [-0.1, -0.05) is 25.1 Å². The Morgan fingerprint density at radius 2 is 2.05 bits per heavy atom. The van der Waals surface area contributed by atoms with Crippen molar-refractivity contribution in [3.05, 3.63) is 56.0 Å². The van der Waals surface area contributed by atoms with Gasteiger partial charge in [0.1, 0.15) is 0 Å². The smallest absolute Gasteiger partial charge is 0.0701 e. The van der Waals surface area contributed by atoms with Crippen LogP contribution in [0.25, 0.3) is 10.1 Å². The molecule has 2 heterocycles. The van der Waals surface area contributed by atoms with E-state index in [2.05, 4.69) is 69.3 Å². The van der Waals surface area contributed by atoms with Gasteiger partial charge < -0.3 is 5.32 Å². The molecule has 0 spiro atoms. The molecule has 3 aromatic rings. The van der Waals surface area contributed by atoms with Crippen molar-refractivity contribution in [2.75, 3.05) is 6.54 Å². The second-order valence-corrected chi connectivity index (χ2v) is 8.35. The highest BCUT2D eigenvalue weighted by atomic mass is 79.9. The van der Waals surface area contributed by atoms with Crippen molar-refractivity contribution in [1.29, 1.82) is 0 Å². The van der Waals surface area contributed by atoms with Crippen molar-refractivity contribution < 1.29 is 0 Å². The molecule has 3 rings (SSSR count). The van der Waals surface area contributed by atoms with E-state index in [-0.39, 0.29) is 0 Å². The standard InChI is InChI=1S/C17H18BrNS2/c1-2-7-19-15(13-9-17(18)21-11-13)8-12-10-20-16-6-4-3-5-14(12)16/h3-6,9-11,15,19H,2,7-8H2,1H3. The molecule has 1 unspecified atom stereocenters. The first-order valence-corrected chi connectivity index (χ1v) is 9.75. The molecule has 21 heavy (non-hydrogen) atoms. The summed E-state index contributed by atoms with van der Waals surface area (Å²) in [4.78, 5) is 0. The second-order valence-electron chi connectivity index (χ2n) is 5.15. The predicted octanol–water partition coefficient (Wildman–Crippen LogP) is 6.01. The molecular formula is C17H18BrNS2. The maximum atomic E-state index is 3.69. The summed E-state index contributed by atoms with van der Waals surface area (Å²) in [5, 5.41) is 9.66. The lowest BCUT2D eigenvalue weighted by molar-refractivity contribution is 0.532. The molecule has 0 bridgehead atoms. The third-order valence-electron chi connectivity index (χ3n) is 3.62. The van der Waals surface area contributed by atoms with Gasteiger partial charge in [0.2, 0.25) is 0 Å². The largest absolute Gasteiger partial charge is 0.310 e. The number of benzene rings is 1. The number of halogens is 1. The van der Waals surface area contributed by atoms with Crippen LogP contribution in [0.2, 0.25) is 0 Å². The topological polar surface area (TPSA) is 12.0 Å². The summed E-state index contributed by atoms with van der Waals surface area (Å²) in [6, 6.07) is 11.3. The highest BCUT2D eigenvalue weighted by Gasteiger charge is 2.15. The first-order valence-electron chi connectivity index (χ1n) is 7.20. The van der Waals surface area contributed by atoms with Crippen LogP contribution < -0.4 is 5.32 Å². The van der Waals surface area contributed by atoms with E-state index in [1.54, 1.807) is 11.3 Å². The van der Waals surface area contributed by atoms with Crippen LogP contribution in [0.3, 0.4) is 0 Å². The summed E-state index contributed by atoms with van der Waals surface area (Å²) in [6.45, 7) is 3.27. The van der Waals surface area contributed by atoms with Gasteiger partial charge in [0.05, 0.1) is 3.79 Å². The molecule has 0 saturated carbocycles. The fourth-order valence-electron chi connectivity index (χ4n) is 2.54. The molecule has 1 nitrogen and oxygen atoms in total. The monoisotopic (exact) mass is 379 g/mol. The highest BCUT2D eigenvalue weighted by Crippen LogP contribution is 2.32. The molecule has 110 valence electrons. The molecular weight excluding hydrogens is 362 g/mol. The van der Waals surface area contributed by atoms with E-state index in [1.807, 2.05) is 11.3 Å².